The predicted octanol–water partition coefficient (Wildman–Crippen LogP) is 6.34. The van der Waals surface area contributed by atoms with Gasteiger partial charge in [-0.3, -0.25) is 9.78 Å². The summed E-state index contributed by atoms with van der Waals surface area (Å²) in [4.78, 5) is 17.9. The molecule has 6 heteroatoms. The van der Waals surface area contributed by atoms with Gasteiger partial charge in [0.05, 0.1) is 23.0 Å². The lowest BCUT2D eigenvalue weighted by Crippen LogP contribution is -2.33. The number of fused-ring (bicyclic) bond motifs is 1. The lowest BCUT2D eigenvalue weighted by Gasteiger charge is -2.33. The van der Waals surface area contributed by atoms with Crippen molar-refractivity contribution in [3.63, 3.8) is 0 Å². The van der Waals surface area contributed by atoms with Gasteiger partial charge in [-0.25, -0.2) is 4.39 Å². The minimum atomic E-state index is -0.413. The topological polar surface area (TPSA) is 80.0 Å². The second kappa shape index (κ2) is 11.6. The Morgan fingerprint density at radius 1 is 1.26 bits per heavy atom. The fraction of sp³-hybridized carbons (Fsp3) is 0.448. The van der Waals surface area contributed by atoms with Crippen LogP contribution in [0.4, 0.5) is 10.1 Å². The lowest BCUT2D eigenvalue weighted by molar-refractivity contribution is 0.0968. The van der Waals surface area contributed by atoms with Crippen LogP contribution in [0.3, 0.4) is 0 Å². The average Bonchev–Trinajstić information content (AvgIpc) is 2.81. The molecule has 1 aromatic carbocycles. The molecule has 0 unspecified atom stereocenters. The number of benzene rings is 1. The van der Waals surface area contributed by atoms with Crippen LogP contribution in [0.1, 0.15) is 64.2 Å². The summed E-state index contributed by atoms with van der Waals surface area (Å²) in [7, 11) is 0. The SMILES string of the molecule is C=C/C(NC(=O)c1ccc(F)c2cc(N[C@H](C)C(C)C)cnc12)=C(\C=C/C)[C@@H]1C[C@H](C)C[C@H](N)C1. The summed E-state index contributed by atoms with van der Waals surface area (Å²) in [5, 5.41) is 6.68. The van der Waals surface area contributed by atoms with Crippen molar-refractivity contribution < 1.29 is 9.18 Å². The number of carbonyl (C=O) groups is 1. The molecule has 1 fully saturated rings. The number of rotatable bonds is 8. The molecule has 0 radical (unpaired) electrons. The summed E-state index contributed by atoms with van der Waals surface area (Å²) >= 11 is 0. The molecule has 1 aromatic heterocycles. The number of carbonyl (C=O) groups excluding carboxylic acids is 1. The Balaban J connectivity index is 1.96. The van der Waals surface area contributed by atoms with Crippen LogP contribution in [-0.4, -0.2) is 23.0 Å². The van der Waals surface area contributed by atoms with Crippen LogP contribution in [-0.2, 0) is 0 Å². The number of hydrogen-bond donors (Lipinski definition) is 3. The summed E-state index contributed by atoms with van der Waals surface area (Å²) in [6.45, 7) is 14.4. The van der Waals surface area contributed by atoms with E-state index in [9.17, 15) is 9.18 Å². The van der Waals surface area contributed by atoms with Gasteiger partial charge in [-0.05, 0) is 80.7 Å². The van der Waals surface area contributed by atoms with Gasteiger partial charge in [-0.1, -0.05) is 39.5 Å². The van der Waals surface area contributed by atoms with Gasteiger partial charge in [0.2, 0.25) is 0 Å². The normalized spacial score (nSPS) is 22.2. The molecule has 1 aliphatic rings. The van der Waals surface area contributed by atoms with Gasteiger partial charge in [0.1, 0.15) is 5.82 Å². The molecule has 1 saturated carbocycles. The molecule has 188 valence electrons. The number of allylic oxidation sites excluding steroid dienone is 4. The zero-order valence-corrected chi connectivity index (χ0v) is 21.6. The van der Waals surface area contributed by atoms with E-state index in [1.165, 1.54) is 12.1 Å². The molecule has 1 aliphatic carbocycles. The van der Waals surface area contributed by atoms with Crippen LogP contribution in [0.15, 0.2) is 60.5 Å². The van der Waals surface area contributed by atoms with Crippen molar-refractivity contribution in [1.29, 1.82) is 0 Å². The van der Waals surface area contributed by atoms with Gasteiger partial charge in [-0.2, -0.15) is 0 Å². The van der Waals surface area contributed by atoms with Crippen LogP contribution in [0.2, 0.25) is 0 Å². The summed E-state index contributed by atoms with van der Waals surface area (Å²) in [5.41, 5.74) is 9.35. The van der Waals surface area contributed by atoms with E-state index in [2.05, 4.69) is 49.9 Å². The van der Waals surface area contributed by atoms with Crippen molar-refractivity contribution in [2.75, 3.05) is 5.32 Å². The molecule has 5 nitrogen and oxygen atoms in total. The third-order valence-electron chi connectivity index (χ3n) is 6.96. The van der Waals surface area contributed by atoms with Gasteiger partial charge in [0.25, 0.3) is 5.91 Å². The zero-order valence-electron chi connectivity index (χ0n) is 21.6. The van der Waals surface area contributed by atoms with E-state index in [1.54, 1.807) is 18.3 Å². The second-order valence-corrected chi connectivity index (χ2v) is 10.2. The minimum absolute atomic E-state index is 0.136. The van der Waals surface area contributed by atoms with Crippen LogP contribution in [0.25, 0.3) is 10.9 Å². The molecule has 1 amide bonds. The number of halogens is 1. The van der Waals surface area contributed by atoms with Crippen LogP contribution in [0, 0.1) is 23.6 Å². The van der Waals surface area contributed by atoms with Crippen molar-refractivity contribution in [2.24, 2.45) is 23.5 Å². The summed E-state index contributed by atoms with van der Waals surface area (Å²) in [6.07, 6.45) is 10.2. The molecular formula is C29H39FN4O. The first kappa shape index (κ1) is 26.6. The number of nitrogens with two attached hydrogens (primary N) is 1. The number of nitrogens with one attached hydrogen (secondary N) is 2. The Morgan fingerprint density at radius 2 is 2.00 bits per heavy atom. The zero-order chi connectivity index (χ0) is 25.7. The molecule has 4 atom stereocenters. The van der Waals surface area contributed by atoms with E-state index >= 15 is 0 Å². The maximum absolute atomic E-state index is 14.7. The molecule has 4 N–H and O–H groups in total. The first-order valence-electron chi connectivity index (χ1n) is 12.6. The van der Waals surface area contributed by atoms with E-state index in [4.69, 9.17) is 5.73 Å². The Labute approximate surface area is 208 Å². The van der Waals surface area contributed by atoms with E-state index in [1.807, 2.05) is 19.1 Å². The van der Waals surface area contributed by atoms with Gasteiger partial charge in [0, 0.05) is 23.2 Å². The Hall–Kier alpha value is -2.99. The van der Waals surface area contributed by atoms with Gasteiger partial charge in [0.15, 0.2) is 0 Å². The number of aromatic nitrogens is 1. The summed E-state index contributed by atoms with van der Waals surface area (Å²) in [6, 6.07) is 4.86. The van der Waals surface area contributed by atoms with Crippen LogP contribution >= 0.6 is 0 Å². The fourth-order valence-corrected chi connectivity index (χ4v) is 4.84. The van der Waals surface area contributed by atoms with Crippen molar-refractivity contribution >= 4 is 22.5 Å². The van der Waals surface area contributed by atoms with Crippen molar-refractivity contribution in [2.45, 2.75) is 66.0 Å². The quantitative estimate of drug-likeness (QED) is 0.387. The highest BCUT2D eigenvalue weighted by atomic mass is 19.1. The van der Waals surface area contributed by atoms with E-state index in [0.29, 0.717) is 34.0 Å². The molecule has 2 aromatic rings. The number of amides is 1. The first-order chi connectivity index (χ1) is 16.6. The molecule has 0 spiro atoms. The highest BCUT2D eigenvalue weighted by molar-refractivity contribution is 6.06. The molecule has 35 heavy (non-hydrogen) atoms. The Bertz CT molecular complexity index is 1130. The number of hydrogen-bond acceptors (Lipinski definition) is 4. The van der Waals surface area contributed by atoms with Crippen molar-refractivity contribution in [3.05, 3.63) is 71.9 Å². The molecule has 1 heterocycles. The fourth-order valence-electron chi connectivity index (χ4n) is 4.84. The highest BCUT2D eigenvalue weighted by Gasteiger charge is 2.28. The minimum Gasteiger partial charge on any atom is -0.381 e. The Morgan fingerprint density at radius 3 is 2.63 bits per heavy atom. The first-order valence-corrected chi connectivity index (χ1v) is 12.6. The third kappa shape index (κ3) is 6.37. The van der Waals surface area contributed by atoms with Gasteiger partial charge < -0.3 is 16.4 Å². The Kier molecular flexibility index (Phi) is 8.84. The highest BCUT2D eigenvalue weighted by Crippen LogP contribution is 2.35. The second-order valence-electron chi connectivity index (χ2n) is 10.2. The molecule has 0 bridgehead atoms. The molecule has 0 aliphatic heterocycles. The third-order valence-corrected chi connectivity index (χ3v) is 6.96. The monoisotopic (exact) mass is 478 g/mol. The van der Waals surface area contributed by atoms with Crippen LogP contribution in [0.5, 0.6) is 0 Å². The molecule has 3 rings (SSSR count). The predicted molar refractivity (Wildman–Crippen MR) is 144 cm³/mol. The smallest absolute Gasteiger partial charge is 0.257 e. The van der Waals surface area contributed by atoms with Gasteiger partial charge in [-0.15, -0.1) is 0 Å². The van der Waals surface area contributed by atoms with Crippen molar-refractivity contribution in [3.8, 4) is 0 Å². The molecular weight excluding hydrogens is 439 g/mol. The summed E-state index contributed by atoms with van der Waals surface area (Å²) < 4.78 is 14.7. The summed E-state index contributed by atoms with van der Waals surface area (Å²) in [5.74, 6) is 0.396. The van der Waals surface area contributed by atoms with E-state index < -0.39 is 5.82 Å². The maximum atomic E-state index is 14.7. The number of nitrogens with zero attached hydrogens (tertiary/aromatic N) is 1. The van der Waals surface area contributed by atoms with Gasteiger partial charge >= 0.3 is 0 Å². The molecule has 0 saturated heterocycles. The maximum Gasteiger partial charge on any atom is 0.257 e. The lowest BCUT2D eigenvalue weighted by atomic mass is 9.75. The van der Waals surface area contributed by atoms with Crippen LogP contribution < -0.4 is 16.4 Å². The number of pyridine rings is 1. The van der Waals surface area contributed by atoms with E-state index in [-0.39, 0.29) is 23.9 Å². The standard InChI is InChI=1S/C29H39FN4O/c1-7-9-23(20-12-18(5)13-21(31)14-20)27(8-2)34-29(35)24-10-11-26(30)25-15-22(16-32-28(24)25)33-19(6)17(3)4/h7-11,15-21,33H,2,12-14,31H2,1,3-6H3,(H,34,35)/b9-7-,27-23-/t18-,19+,20+,21-/m0/s1. The largest absolute Gasteiger partial charge is 0.381 e. The van der Waals surface area contributed by atoms with Crippen molar-refractivity contribution in [1.82, 2.24) is 10.3 Å². The van der Waals surface area contributed by atoms with E-state index in [0.717, 1.165) is 30.5 Å². The average molecular weight is 479 g/mol. The number of anilines is 1.